The van der Waals surface area contributed by atoms with Crippen LogP contribution in [0.4, 0.5) is 11.6 Å². The van der Waals surface area contributed by atoms with Gasteiger partial charge in [0.15, 0.2) is 0 Å². The van der Waals surface area contributed by atoms with Crippen molar-refractivity contribution in [3.05, 3.63) is 29.8 Å². The minimum Gasteiger partial charge on any atom is -0.358 e. The summed E-state index contributed by atoms with van der Waals surface area (Å²) in [4.78, 5) is 19.0. The molecule has 2 aromatic rings. The zero-order valence-electron chi connectivity index (χ0n) is 9.51. The zero-order valence-corrected chi connectivity index (χ0v) is 10.3. The second-order valence-corrected chi connectivity index (χ2v) is 3.79. The third kappa shape index (κ3) is 3.17. The number of rotatable bonds is 4. The molecule has 0 aromatic carbocycles. The highest BCUT2D eigenvalue weighted by atomic mass is 35.5. The van der Waals surface area contributed by atoms with Crippen LogP contribution >= 0.6 is 11.6 Å². The Bertz CT molecular complexity index is 538. The number of nitrogens with zero attached hydrogens (tertiary/aromatic N) is 4. The molecule has 2 rings (SSSR count). The van der Waals surface area contributed by atoms with Gasteiger partial charge in [-0.15, -0.1) is 0 Å². The first kappa shape index (κ1) is 12.3. The quantitative estimate of drug-likeness (QED) is 0.846. The van der Waals surface area contributed by atoms with Crippen LogP contribution in [0.15, 0.2) is 18.6 Å². The van der Waals surface area contributed by atoms with E-state index in [0.29, 0.717) is 16.7 Å². The number of likely N-dealkylation sites (N-methyl/N-ethyl adjacent to an activating group) is 1. The molecule has 8 heteroatoms. The highest BCUT2D eigenvalue weighted by Gasteiger charge is 2.04. The molecule has 1 radical (unpaired) electrons. The summed E-state index contributed by atoms with van der Waals surface area (Å²) in [7, 11) is 1.57. The van der Waals surface area contributed by atoms with Gasteiger partial charge in [-0.3, -0.25) is 9.48 Å². The van der Waals surface area contributed by atoms with Crippen molar-refractivity contribution in [2.24, 2.45) is 0 Å². The fourth-order valence-electron chi connectivity index (χ4n) is 1.21. The van der Waals surface area contributed by atoms with Gasteiger partial charge < -0.3 is 10.6 Å². The molecule has 2 N–H and O–H groups in total. The molecule has 0 saturated heterocycles. The van der Waals surface area contributed by atoms with E-state index >= 15 is 0 Å². The Balaban J connectivity index is 2.02. The van der Waals surface area contributed by atoms with Crippen molar-refractivity contribution >= 4 is 29.1 Å². The number of anilines is 2. The van der Waals surface area contributed by atoms with Gasteiger partial charge in [-0.2, -0.15) is 5.10 Å². The van der Waals surface area contributed by atoms with Crippen LogP contribution in [0.3, 0.4) is 0 Å². The van der Waals surface area contributed by atoms with Crippen molar-refractivity contribution in [3.8, 4) is 0 Å². The van der Waals surface area contributed by atoms with E-state index < -0.39 is 0 Å². The Hall–Kier alpha value is -2.15. The summed E-state index contributed by atoms with van der Waals surface area (Å²) >= 11 is 5.62. The van der Waals surface area contributed by atoms with E-state index in [1.54, 1.807) is 19.4 Å². The molecule has 2 aromatic heterocycles. The van der Waals surface area contributed by atoms with Crippen LogP contribution in [0, 0.1) is 6.20 Å². The van der Waals surface area contributed by atoms with Gasteiger partial charge in [-0.25, -0.2) is 9.97 Å². The lowest BCUT2D eigenvalue weighted by molar-refractivity contribution is -0.121. The molecule has 0 atom stereocenters. The van der Waals surface area contributed by atoms with Gasteiger partial charge in [0, 0.05) is 13.2 Å². The molecule has 0 saturated carbocycles. The van der Waals surface area contributed by atoms with Crippen molar-refractivity contribution < 1.29 is 4.79 Å². The van der Waals surface area contributed by atoms with Gasteiger partial charge >= 0.3 is 0 Å². The average Bonchev–Trinajstić information content (AvgIpc) is 2.79. The molecule has 0 aliphatic heterocycles. The molecule has 0 unspecified atom stereocenters. The normalized spacial score (nSPS) is 10.1. The van der Waals surface area contributed by atoms with Crippen molar-refractivity contribution in [3.63, 3.8) is 0 Å². The van der Waals surface area contributed by atoms with E-state index in [4.69, 9.17) is 11.6 Å². The highest BCUT2D eigenvalue weighted by molar-refractivity contribution is 6.30. The minimum absolute atomic E-state index is 0.124. The zero-order chi connectivity index (χ0) is 13.0. The van der Waals surface area contributed by atoms with Crippen LogP contribution in [-0.2, 0) is 11.3 Å². The largest absolute Gasteiger partial charge is 0.358 e. The molecule has 1 amide bonds. The summed E-state index contributed by atoms with van der Waals surface area (Å²) in [5, 5.41) is 9.79. The Morgan fingerprint density at radius 3 is 3.06 bits per heavy atom. The van der Waals surface area contributed by atoms with Gasteiger partial charge in [0.25, 0.3) is 0 Å². The van der Waals surface area contributed by atoms with E-state index in [1.807, 2.05) is 0 Å². The van der Waals surface area contributed by atoms with E-state index in [9.17, 15) is 4.79 Å². The van der Waals surface area contributed by atoms with Crippen LogP contribution in [0.5, 0.6) is 0 Å². The second kappa shape index (κ2) is 5.46. The average molecular weight is 266 g/mol. The summed E-state index contributed by atoms with van der Waals surface area (Å²) < 4.78 is 1.50. The molecule has 7 nitrogen and oxygen atoms in total. The third-order valence-electron chi connectivity index (χ3n) is 2.04. The number of carbonyl (C=O) groups excluding carboxylic acids is 1. The summed E-state index contributed by atoms with van der Waals surface area (Å²) in [5.41, 5.74) is 0.676. The molecule has 0 bridgehead atoms. The lowest BCUT2D eigenvalue weighted by Crippen LogP contribution is -2.23. The first-order valence-electron chi connectivity index (χ1n) is 5.07. The Kier molecular flexibility index (Phi) is 3.73. The molecular formula is C10H10ClN6O. The van der Waals surface area contributed by atoms with E-state index in [0.717, 1.165) is 0 Å². The van der Waals surface area contributed by atoms with Crippen LogP contribution < -0.4 is 10.6 Å². The van der Waals surface area contributed by atoms with Gasteiger partial charge in [-0.05, 0) is 0 Å². The molecule has 93 valence electrons. The first-order valence-corrected chi connectivity index (χ1v) is 5.45. The molecule has 18 heavy (non-hydrogen) atoms. The van der Waals surface area contributed by atoms with Crippen LogP contribution in [0.1, 0.15) is 0 Å². The van der Waals surface area contributed by atoms with Crippen LogP contribution in [0.2, 0.25) is 5.02 Å². The molecule has 0 aliphatic rings. The van der Waals surface area contributed by atoms with Crippen molar-refractivity contribution in [2.45, 2.75) is 6.54 Å². The summed E-state index contributed by atoms with van der Waals surface area (Å²) in [6.07, 6.45) is 7.25. The molecule has 0 fully saturated rings. The molecule has 2 heterocycles. The first-order chi connectivity index (χ1) is 8.67. The minimum atomic E-state index is -0.124. The predicted octanol–water partition coefficient (Wildman–Crippen LogP) is 0.616. The molecular weight excluding hydrogens is 256 g/mol. The molecule has 0 aliphatic carbocycles. The number of hydrogen-bond donors (Lipinski definition) is 2. The second-order valence-electron chi connectivity index (χ2n) is 3.38. The smallest absolute Gasteiger partial charge is 0.241 e. The summed E-state index contributed by atoms with van der Waals surface area (Å²) in [6.45, 7) is 0.159. The van der Waals surface area contributed by atoms with Gasteiger partial charge in [0.2, 0.25) is 11.9 Å². The van der Waals surface area contributed by atoms with Crippen molar-refractivity contribution in [1.29, 1.82) is 0 Å². The highest BCUT2D eigenvalue weighted by Crippen LogP contribution is 2.12. The number of halogens is 1. The van der Waals surface area contributed by atoms with Gasteiger partial charge in [-0.1, -0.05) is 11.6 Å². The third-order valence-corrected chi connectivity index (χ3v) is 2.22. The SMILES string of the molecule is CNC(=O)Cn1cc(Nc2n[c]c(Cl)cn2)cn1. The number of aromatic nitrogens is 4. The number of amides is 1. The summed E-state index contributed by atoms with van der Waals surface area (Å²) in [5.74, 6) is 0.236. The number of hydrogen-bond acceptors (Lipinski definition) is 5. The van der Waals surface area contributed by atoms with E-state index in [1.165, 1.54) is 10.9 Å². The lowest BCUT2D eigenvalue weighted by Gasteiger charge is -2.00. The van der Waals surface area contributed by atoms with E-state index in [2.05, 4.69) is 31.9 Å². The topological polar surface area (TPSA) is 84.7 Å². The molecule has 0 spiro atoms. The van der Waals surface area contributed by atoms with Crippen molar-refractivity contribution in [2.75, 3.05) is 12.4 Å². The maximum atomic E-state index is 11.1. The lowest BCUT2D eigenvalue weighted by atomic mass is 10.5. The summed E-state index contributed by atoms with van der Waals surface area (Å²) in [6, 6.07) is 0. The Morgan fingerprint density at radius 1 is 1.56 bits per heavy atom. The predicted molar refractivity (Wildman–Crippen MR) is 65.5 cm³/mol. The van der Waals surface area contributed by atoms with Crippen molar-refractivity contribution in [1.82, 2.24) is 25.1 Å². The van der Waals surface area contributed by atoms with Gasteiger partial charge in [0.05, 0.1) is 23.1 Å². The fraction of sp³-hybridized carbons (Fsp3) is 0.200. The Morgan fingerprint density at radius 2 is 2.39 bits per heavy atom. The van der Waals surface area contributed by atoms with E-state index in [-0.39, 0.29) is 12.5 Å². The maximum Gasteiger partial charge on any atom is 0.241 e. The standard InChI is InChI=1S/C10H10ClN6O/c1-12-9(18)6-17-5-8(4-15-17)16-10-13-2-7(11)3-14-10/h2,4-5H,6H2,1H3,(H,12,18)(H,13,14,16). The van der Waals surface area contributed by atoms with Crippen LogP contribution in [0.25, 0.3) is 0 Å². The number of carbonyl (C=O) groups is 1. The monoisotopic (exact) mass is 265 g/mol. The fourth-order valence-corrected chi connectivity index (χ4v) is 1.30. The van der Waals surface area contributed by atoms with Crippen LogP contribution in [-0.4, -0.2) is 32.7 Å². The Labute approximate surface area is 108 Å². The van der Waals surface area contributed by atoms with Gasteiger partial charge in [0.1, 0.15) is 12.7 Å². The number of nitrogens with one attached hydrogen (secondary N) is 2. The maximum absolute atomic E-state index is 11.1.